The van der Waals surface area contributed by atoms with Gasteiger partial charge in [0.2, 0.25) is 5.91 Å². The number of halogens is 1. The molecule has 0 aromatic heterocycles. The number of amides is 1. The summed E-state index contributed by atoms with van der Waals surface area (Å²) in [4.78, 5) is 13.2. The molecule has 0 atom stereocenters. The summed E-state index contributed by atoms with van der Waals surface area (Å²) in [5.74, 6) is -0.419. The highest BCUT2D eigenvalue weighted by Crippen LogP contribution is 2.27. The van der Waals surface area contributed by atoms with Crippen molar-refractivity contribution in [3.8, 4) is 0 Å². The minimum atomic E-state index is -0.419. The lowest BCUT2D eigenvalue weighted by atomic mass is 10.0. The van der Waals surface area contributed by atoms with Crippen molar-refractivity contribution in [3.05, 3.63) is 58.1 Å². The van der Waals surface area contributed by atoms with Crippen molar-refractivity contribution in [1.29, 1.82) is 0 Å². The first kappa shape index (κ1) is 15.2. The third kappa shape index (κ3) is 3.47. The third-order valence-corrected chi connectivity index (χ3v) is 3.67. The second-order valence-electron chi connectivity index (χ2n) is 5.06. The van der Waals surface area contributed by atoms with E-state index in [1.165, 1.54) is 0 Å². The molecule has 2 rings (SSSR count). The van der Waals surface area contributed by atoms with Gasteiger partial charge in [-0.25, -0.2) is 0 Å². The zero-order chi connectivity index (χ0) is 15.6. The molecule has 0 saturated heterocycles. The maximum atomic E-state index is 11.2. The fraction of sp³-hybridized carbons (Fsp3) is 0.188. The monoisotopic (exact) mass is 303 g/mol. The average Bonchev–Trinajstić information content (AvgIpc) is 2.43. The van der Waals surface area contributed by atoms with Gasteiger partial charge in [0, 0.05) is 24.2 Å². The summed E-state index contributed by atoms with van der Waals surface area (Å²) >= 11 is 6.02. The van der Waals surface area contributed by atoms with Gasteiger partial charge in [0.15, 0.2) is 0 Å². The van der Waals surface area contributed by atoms with Crippen LogP contribution in [-0.2, 0) is 6.54 Å². The number of rotatable bonds is 4. The highest BCUT2D eigenvalue weighted by Gasteiger charge is 2.10. The van der Waals surface area contributed by atoms with Crippen LogP contribution >= 0.6 is 11.6 Å². The maximum Gasteiger partial charge on any atom is 0.248 e. The molecule has 0 aliphatic rings. The Morgan fingerprint density at radius 2 is 1.95 bits per heavy atom. The Hall–Kier alpha value is -2.20. The van der Waals surface area contributed by atoms with Crippen molar-refractivity contribution >= 4 is 28.9 Å². The number of hydrogen-bond donors (Lipinski definition) is 2. The number of anilines is 2. The highest BCUT2D eigenvalue weighted by molar-refractivity contribution is 6.31. The summed E-state index contributed by atoms with van der Waals surface area (Å²) in [6.07, 6.45) is 0. The SMILES string of the molecule is Cc1cc(C(N)=O)ccc1CN(C)c1cc(Cl)ccc1N. The minimum Gasteiger partial charge on any atom is -0.397 e. The number of nitrogens with zero attached hydrogens (tertiary/aromatic N) is 1. The predicted molar refractivity (Wildman–Crippen MR) is 87.7 cm³/mol. The molecule has 4 nitrogen and oxygen atoms in total. The van der Waals surface area contributed by atoms with E-state index in [4.69, 9.17) is 23.1 Å². The van der Waals surface area contributed by atoms with Gasteiger partial charge >= 0.3 is 0 Å². The molecule has 2 aromatic rings. The highest BCUT2D eigenvalue weighted by atomic mass is 35.5. The van der Waals surface area contributed by atoms with Crippen molar-refractivity contribution in [3.63, 3.8) is 0 Å². The lowest BCUT2D eigenvalue weighted by Gasteiger charge is -2.22. The van der Waals surface area contributed by atoms with Crippen LogP contribution in [0.3, 0.4) is 0 Å². The van der Waals surface area contributed by atoms with Crippen LogP contribution < -0.4 is 16.4 Å². The second kappa shape index (κ2) is 6.06. The van der Waals surface area contributed by atoms with E-state index in [1.54, 1.807) is 24.3 Å². The van der Waals surface area contributed by atoms with Crippen LogP contribution in [0.1, 0.15) is 21.5 Å². The van der Waals surface area contributed by atoms with Crippen LogP contribution in [-0.4, -0.2) is 13.0 Å². The van der Waals surface area contributed by atoms with Gasteiger partial charge in [0.05, 0.1) is 11.4 Å². The van der Waals surface area contributed by atoms with Gasteiger partial charge in [0.25, 0.3) is 0 Å². The van der Waals surface area contributed by atoms with Crippen molar-refractivity contribution in [2.24, 2.45) is 5.73 Å². The predicted octanol–water partition coefficient (Wildman–Crippen LogP) is 2.97. The number of nitrogens with two attached hydrogens (primary N) is 2. The van der Waals surface area contributed by atoms with Gasteiger partial charge in [-0.05, 0) is 48.4 Å². The second-order valence-corrected chi connectivity index (χ2v) is 5.50. The van der Waals surface area contributed by atoms with Crippen molar-refractivity contribution < 1.29 is 4.79 Å². The molecule has 5 heteroatoms. The lowest BCUT2D eigenvalue weighted by Crippen LogP contribution is -2.19. The van der Waals surface area contributed by atoms with Crippen LogP contribution in [0.25, 0.3) is 0 Å². The molecule has 1 amide bonds. The van der Waals surface area contributed by atoms with Crippen LogP contribution in [0.5, 0.6) is 0 Å². The summed E-state index contributed by atoms with van der Waals surface area (Å²) in [6.45, 7) is 2.62. The molecule has 0 unspecified atom stereocenters. The summed E-state index contributed by atoms with van der Waals surface area (Å²) in [6, 6.07) is 10.8. The van der Waals surface area contributed by atoms with Gasteiger partial charge in [-0.1, -0.05) is 17.7 Å². The summed E-state index contributed by atoms with van der Waals surface area (Å²) in [7, 11) is 1.95. The van der Waals surface area contributed by atoms with Crippen molar-refractivity contribution in [2.75, 3.05) is 17.7 Å². The zero-order valence-corrected chi connectivity index (χ0v) is 12.8. The molecule has 21 heavy (non-hydrogen) atoms. The molecule has 2 aromatic carbocycles. The molecule has 0 saturated carbocycles. The van der Waals surface area contributed by atoms with E-state index in [1.807, 2.05) is 31.0 Å². The molecule has 0 aliphatic carbocycles. The Balaban J connectivity index is 2.25. The Bertz CT molecular complexity index is 685. The molecule has 0 bridgehead atoms. The maximum absolute atomic E-state index is 11.2. The summed E-state index contributed by atoms with van der Waals surface area (Å²) < 4.78 is 0. The lowest BCUT2D eigenvalue weighted by molar-refractivity contribution is 0.1000. The zero-order valence-electron chi connectivity index (χ0n) is 12.1. The smallest absolute Gasteiger partial charge is 0.248 e. The Morgan fingerprint density at radius 3 is 2.57 bits per heavy atom. The molecule has 0 spiro atoms. The van der Waals surface area contributed by atoms with E-state index in [0.29, 0.717) is 22.8 Å². The average molecular weight is 304 g/mol. The first-order valence-corrected chi connectivity index (χ1v) is 6.92. The topological polar surface area (TPSA) is 72.4 Å². The minimum absolute atomic E-state index is 0.419. The van der Waals surface area contributed by atoms with E-state index in [2.05, 4.69) is 0 Å². The number of carbonyl (C=O) groups excluding carboxylic acids is 1. The van der Waals surface area contributed by atoms with Gasteiger partial charge in [-0.3, -0.25) is 4.79 Å². The van der Waals surface area contributed by atoms with Gasteiger partial charge < -0.3 is 16.4 Å². The van der Waals surface area contributed by atoms with Gasteiger partial charge in [0.1, 0.15) is 0 Å². The number of primary amides is 1. The van der Waals surface area contributed by atoms with Gasteiger partial charge in [-0.2, -0.15) is 0 Å². The first-order valence-electron chi connectivity index (χ1n) is 6.54. The summed E-state index contributed by atoms with van der Waals surface area (Å²) in [5, 5.41) is 0.645. The van der Waals surface area contributed by atoms with E-state index >= 15 is 0 Å². The standard InChI is InChI=1S/C16H18ClN3O/c1-10-7-11(16(19)21)3-4-12(10)9-20(2)15-8-13(17)5-6-14(15)18/h3-8H,9,18H2,1-2H3,(H2,19,21). The molecule has 0 fully saturated rings. The summed E-state index contributed by atoms with van der Waals surface area (Å²) in [5.41, 5.74) is 15.4. The van der Waals surface area contributed by atoms with Crippen LogP contribution in [0.15, 0.2) is 36.4 Å². The third-order valence-electron chi connectivity index (χ3n) is 3.44. The molecular weight excluding hydrogens is 286 g/mol. The van der Waals surface area contributed by atoms with E-state index in [9.17, 15) is 4.79 Å². The van der Waals surface area contributed by atoms with Crippen LogP contribution in [0.4, 0.5) is 11.4 Å². The number of aryl methyl sites for hydroxylation is 1. The largest absolute Gasteiger partial charge is 0.397 e. The fourth-order valence-corrected chi connectivity index (χ4v) is 2.38. The number of carbonyl (C=O) groups is 1. The van der Waals surface area contributed by atoms with Crippen LogP contribution in [0.2, 0.25) is 5.02 Å². The normalized spacial score (nSPS) is 10.4. The number of hydrogen-bond acceptors (Lipinski definition) is 3. The molecule has 0 radical (unpaired) electrons. The molecule has 110 valence electrons. The van der Waals surface area contributed by atoms with E-state index in [-0.39, 0.29) is 0 Å². The van der Waals surface area contributed by atoms with Gasteiger partial charge in [-0.15, -0.1) is 0 Å². The van der Waals surface area contributed by atoms with Crippen molar-refractivity contribution in [2.45, 2.75) is 13.5 Å². The quantitative estimate of drug-likeness (QED) is 0.853. The van der Waals surface area contributed by atoms with Crippen LogP contribution in [0, 0.1) is 6.92 Å². The molecular formula is C16H18ClN3O. The van der Waals surface area contributed by atoms with E-state index < -0.39 is 5.91 Å². The number of nitrogen functional groups attached to an aromatic ring is 1. The Kier molecular flexibility index (Phi) is 4.38. The molecule has 4 N–H and O–H groups in total. The fourth-order valence-electron chi connectivity index (χ4n) is 2.21. The Labute approximate surface area is 129 Å². The number of benzene rings is 2. The van der Waals surface area contributed by atoms with Crippen molar-refractivity contribution in [1.82, 2.24) is 0 Å². The Morgan fingerprint density at radius 1 is 1.24 bits per heavy atom. The van der Waals surface area contributed by atoms with E-state index in [0.717, 1.165) is 16.8 Å². The first-order chi connectivity index (χ1) is 9.88. The molecule has 0 aliphatic heterocycles. The molecule has 0 heterocycles.